The second-order valence-electron chi connectivity index (χ2n) is 44.7. The van der Waals surface area contributed by atoms with Crippen molar-refractivity contribution < 1.29 is 110 Å². The highest BCUT2D eigenvalue weighted by molar-refractivity contribution is 6.45. The van der Waals surface area contributed by atoms with Crippen molar-refractivity contribution in [3.8, 4) is 46.0 Å². The van der Waals surface area contributed by atoms with Crippen LogP contribution in [0.2, 0.25) is 0 Å². The first-order valence-corrected chi connectivity index (χ1v) is 45.8. The van der Waals surface area contributed by atoms with Gasteiger partial charge in [-0.2, -0.15) is 52.7 Å². The van der Waals surface area contributed by atoms with E-state index in [1.54, 1.807) is 48.5 Å². The zero-order chi connectivity index (χ0) is 97.1. The third kappa shape index (κ3) is 21.6. The molecule has 13 rings (SSSR count). The van der Waals surface area contributed by atoms with Gasteiger partial charge in [-0.3, -0.25) is 29.0 Å². The van der Waals surface area contributed by atoms with Crippen molar-refractivity contribution in [2.24, 2.45) is 33.5 Å². The molecule has 2 aliphatic carbocycles. The van der Waals surface area contributed by atoms with Crippen LogP contribution in [0.3, 0.4) is 0 Å². The number of imide groups is 2. The number of halogens is 12. The summed E-state index contributed by atoms with van der Waals surface area (Å²) in [4.78, 5) is 98.5. The fourth-order valence-corrected chi connectivity index (χ4v) is 22.0. The lowest BCUT2D eigenvalue weighted by Gasteiger charge is -2.37. The Morgan fingerprint density at radius 1 is 0.295 bits per heavy atom. The van der Waals surface area contributed by atoms with Crippen molar-refractivity contribution in [3.63, 3.8) is 0 Å². The van der Waals surface area contributed by atoms with Crippen molar-refractivity contribution in [3.05, 3.63) is 166 Å². The Kier molecular flexibility index (Phi) is 27.0. The second kappa shape index (κ2) is 35.9. The van der Waals surface area contributed by atoms with E-state index in [-0.39, 0.29) is 136 Å². The van der Waals surface area contributed by atoms with Crippen LogP contribution in [0.15, 0.2) is 121 Å². The van der Waals surface area contributed by atoms with Gasteiger partial charge in [-0.15, -0.1) is 0 Å². The average Bonchev–Trinajstić information content (AvgIpc) is 0.692. The molecule has 2 unspecified atom stereocenters. The molecule has 132 heavy (non-hydrogen) atoms. The van der Waals surface area contributed by atoms with Gasteiger partial charge in [0.15, 0.2) is 0 Å². The number of rotatable bonds is 26. The molecule has 2 heterocycles. The maximum absolute atomic E-state index is 16.9. The lowest BCUT2D eigenvalue weighted by Crippen LogP contribution is -2.54. The largest absolute Gasteiger partial charge is 0.457 e. The summed E-state index contributed by atoms with van der Waals surface area (Å²) in [5.74, 6) is -12.4. The van der Waals surface area contributed by atoms with Gasteiger partial charge in [-0.05, 0) is 189 Å². The number of nitrogens with zero attached hydrogens (tertiary/aromatic N) is 2. The molecule has 0 spiro atoms. The number of fused-ring (bicyclic) bond motifs is 2. The summed E-state index contributed by atoms with van der Waals surface area (Å²) in [5, 5.41) is -1.24. The third-order valence-corrected chi connectivity index (χ3v) is 26.2. The maximum Gasteiger partial charge on any atom is 0.434 e. The van der Waals surface area contributed by atoms with E-state index >= 15 is 28.8 Å². The molecular formula is C106H122F12N2O12. The standard InChI is InChI=1S/C106H122F12N2O12/c1-95(2,3)55-99(13,14)61-33-41-65(42-34-61)127-75-51-69-79-70(88(122)119(87(69)121)73(49-59-29-25-21-22-26-30-59)91(125)131-93(103(107,108)109)104(110,111)112)53-77(129-67-45-37-63(38-46-67)101(17,18)57-97(7,8)9)83-84-78(130-68-47-39-64(40-48-68)102(19,20)58-98(10,11)12)54-72-80-71(52-76(82(86(80)84)81(75)85(79)83)128-66-43-35-62(36-44-66)100(15,16)56-96(4,5)6)89(123)120(90(72)124)74(50-60-31-27-23-24-28-32-60)92(126)132-94(105(113,114)115)106(116,117)118/h33-48,51-54,59-60,73-74,93-94H,21-32,49-50,55-58H2,1-20H3. The van der Waals surface area contributed by atoms with E-state index < -0.39 is 153 Å². The Morgan fingerprint density at radius 2 is 0.492 bits per heavy atom. The zero-order valence-corrected chi connectivity index (χ0v) is 79.1. The van der Waals surface area contributed by atoms with Crippen molar-refractivity contribution in [1.82, 2.24) is 9.80 Å². The normalized spacial score (nSPS) is 16.7. The van der Waals surface area contributed by atoms with E-state index in [4.69, 9.17) is 18.9 Å². The van der Waals surface area contributed by atoms with Crippen molar-refractivity contribution in [2.45, 2.75) is 325 Å². The topological polar surface area (TPSA) is 164 Å². The quantitative estimate of drug-likeness (QED) is 0.0126. The summed E-state index contributed by atoms with van der Waals surface area (Å²) >= 11 is 0. The first-order chi connectivity index (χ1) is 60.9. The number of alkyl halides is 12. The van der Waals surface area contributed by atoms with Gasteiger partial charge in [0.1, 0.15) is 58.1 Å². The van der Waals surface area contributed by atoms with E-state index in [9.17, 15) is 52.7 Å². The number of esters is 2. The van der Waals surface area contributed by atoms with Crippen molar-refractivity contribution in [1.29, 1.82) is 0 Å². The summed E-state index contributed by atoms with van der Waals surface area (Å²) in [6, 6.07) is 27.6. The zero-order valence-electron chi connectivity index (χ0n) is 79.1. The van der Waals surface area contributed by atoms with Crippen molar-refractivity contribution >= 4 is 78.7 Å². The summed E-state index contributed by atoms with van der Waals surface area (Å²) in [6.45, 7) is 41.6. The van der Waals surface area contributed by atoms with Crippen LogP contribution in [-0.4, -0.2) is 94.4 Å². The first-order valence-electron chi connectivity index (χ1n) is 45.8. The highest BCUT2D eigenvalue weighted by Crippen LogP contribution is 2.60. The van der Waals surface area contributed by atoms with Gasteiger partial charge >= 0.3 is 36.6 Å². The Bertz CT molecular complexity index is 5160. The number of carbonyl (C=O) groups excluding carboxylic acids is 6. The van der Waals surface area contributed by atoms with Gasteiger partial charge in [0, 0.05) is 43.1 Å². The molecule has 0 radical (unpaired) electrons. The van der Waals surface area contributed by atoms with Crippen LogP contribution in [0.25, 0.3) is 43.1 Å². The number of carbonyl (C=O) groups is 6. The van der Waals surface area contributed by atoms with Crippen LogP contribution >= 0.6 is 0 Å². The smallest absolute Gasteiger partial charge is 0.434 e. The summed E-state index contributed by atoms with van der Waals surface area (Å²) < 4.78 is 218. The SMILES string of the molecule is CC(C)(C)CC(C)(C)c1ccc(Oc2cc3c4c(cc(Oc5ccc(C(C)(C)CC(C)(C)C)cc5)c5c6c(Oc7ccc(C(C)(C)CC(C)(C)C)cc7)cc7c8c(cc(Oc9ccc(C(C)(C)CC(C)(C)C)cc9)c(c2c45)c86)C(=O)N(C(CC2CCCCCC2)C(=O)OC(C(F)(F)F)C(F)(F)F)C7=O)C(=O)N(C(CC2CCCCCC2)C(=O)OC(C(F)(F)F)C(F)(F)F)C3=O)cc1. The van der Waals surface area contributed by atoms with Gasteiger partial charge in [0.2, 0.25) is 0 Å². The van der Waals surface area contributed by atoms with Gasteiger partial charge < -0.3 is 28.4 Å². The minimum absolute atomic E-state index is 0.0570. The first kappa shape index (κ1) is 99.3. The Morgan fingerprint density at radius 3 is 0.674 bits per heavy atom. The van der Waals surface area contributed by atoms with E-state index in [1.165, 1.54) is 24.3 Å². The molecule has 14 nitrogen and oxygen atoms in total. The molecule has 2 saturated carbocycles. The van der Waals surface area contributed by atoms with Crippen LogP contribution in [0.1, 0.15) is 318 Å². The minimum atomic E-state index is -6.26. The Hall–Kier alpha value is -10.1. The highest BCUT2D eigenvalue weighted by Gasteiger charge is 2.63. The molecule has 712 valence electrons. The molecule has 2 fully saturated rings. The lowest BCUT2D eigenvalue weighted by atomic mass is 9.72. The van der Waals surface area contributed by atoms with E-state index in [1.807, 2.05) is 48.5 Å². The maximum atomic E-state index is 16.9. The number of hydrogen-bond acceptors (Lipinski definition) is 12. The molecule has 0 bridgehead atoms. The van der Waals surface area contributed by atoms with Gasteiger partial charge in [0.25, 0.3) is 35.8 Å². The van der Waals surface area contributed by atoms with Crippen LogP contribution in [0.5, 0.6) is 46.0 Å². The van der Waals surface area contributed by atoms with E-state index in [0.717, 1.165) is 22.3 Å². The van der Waals surface area contributed by atoms with Crippen LogP contribution < -0.4 is 18.9 Å². The predicted octanol–water partition coefficient (Wildman–Crippen LogP) is 30.5. The second-order valence-corrected chi connectivity index (χ2v) is 44.7. The minimum Gasteiger partial charge on any atom is -0.457 e. The van der Waals surface area contributed by atoms with Gasteiger partial charge in [0.05, 0.1) is 22.3 Å². The molecule has 26 heteroatoms. The summed E-state index contributed by atoms with van der Waals surface area (Å²) in [6.07, 6.45) is -27.2. The monoisotopic (exact) mass is 1840 g/mol. The van der Waals surface area contributed by atoms with Crippen LogP contribution in [0.4, 0.5) is 52.7 Å². The highest BCUT2D eigenvalue weighted by atomic mass is 19.4. The fraction of sp³-hybridized carbons (Fsp3) is 0.528. The number of amides is 4. The molecule has 0 aromatic heterocycles. The van der Waals surface area contributed by atoms with Crippen LogP contribution in [0, 0.1) is 33.5 Å². The predicted molar refractivity (Wildman–Crippen MR) is 486 cm³/mol. The number of hydrogen-bond donors (Lipinski definition) is 0. The lowest BCUT2D eigenvalue weighted by molar-refractivity contribution is -0.314. The summed E-state index contributed by atoms with van der Waals surface area (Å²) in [7, 11) is 0. The molecule has 2 atom stereocenters. The van der Waals surface area contributed by atoms with E-state index in [2.05, 4.69) is 148 Å². The summed E-state index contributed by atoms with van der Waals surface area (Å²) in [5.41, 5.74) is -1.43. The number of ether oxygens (including phenoxy) is 6. The molecule has 4 aliphatic rings. The molecular weight excluding hydrogens is 1720 g/mol. The fourth-order valence-electron chi connectivity index (χ4n) is 22.0. The Labute approximate surface area is 764 Å². The van der Waals surface area contributed by atoms with E-state index in [0.29, 0.717) is 86.8 Å². The Balaban J connectivity index is 1.22. The molecule has 2 aliphatic heterocycles. The van der Waals surface area contributed by atoms with Crippen molar-refractivity contribution in [2.75, 3.05) is 0 Å². The van der Waals surface area contributed by atoms with Gasteiger partial charge in [-0.25, -0.2) is 9.59 Å². The number of benzene rings is 9. The molecule has 0 saturated heterocycles. The molecule has 4 amide bonds. The third-order valence-electron chi connectivity index (χ3n) is 26.2. The van der Waals surface area contributed by atoms with Crippen LogP contribution in [-0.2, 0) is 40.7 Å². The average molecular weight is 1840 g/mol. The van der Waals surface area contributed by atoms with Gasteiger partial charge in [-0.1, -0.05) is 264 Å². The molecule has 0 N–H and O–H groups in total. The molecule has 9 aromatic rings. The molecule has 9 aromatic carbocycles.